The number of rotatable bonds is 7. The zero-order chi connectivity index (χ0) is 18.4. The topological polar surface area (TPSA) is 58.6 Å². The van der Waals surface area contributed by atoms with Crippen LogP contribution in [0.4, 0.5) is 0 Å². The van der Waals surface area contributed by atoms with Crippen LogP contribution in [0, 0.1) is 0 Å². The number of methoxy groups -OCH3 is 1. The number of carbonyl (C=O) groups is 2. The SMILES string of the molecule is COc1ccc(C2(CNC(=O)CCN3CCCC3=O)CCCCC2)cc1. The number of likely N-dealkylation sites (tertiary alicyclic amines) is 1. The molecule has 1 saturated heterocycles. The lowest BCUT2D eigenvalue weighted by atomic mass is 9.69. The summed E-state index contributed by atoms with van der Waals surface area (Å²) in [5.41, 5.74) is 1.30. The van der Waals surface area contributed by atoms with Crippen molar-refractivity contribution in [2.45, 2.75) is 56.8 Å². The van der Waals surface area contributed by atoms with Gasteiger partial charge in [0.2, 0.25) is 11.8 Å². The minimum Gasteiger partial charge on any atom is -0.497 e. The smallest absolute Gasteiger partial charge is 0.222 e. The Balaban J connectivity index is 1.59. The number of carbonyl (C=O) groups excluding carboxylic acids is 2. The maximum atomic E-state index is 12.4. The third kappa shape index (κ3) is 4.37. The zero-order valence-corrected chi connectivity index (χ0v) is 15.8. The molecule has 1 aromatic carbocycles. The van der Waals surface area contributed by atoms with Gasteiger partial charge in [-0.1, -0.05) is 31.4 Å². The van der Waals surface area contributed by atoms with E-state index in [9.17, 15) is 9.59 Å². The summed E-state index contributed by atoms with van der Waals surface area (Å²) >= 11 is 0. The highest BCUT2D eigenvalue weighted by atomic mass is 16.5. The molecule has 1 N–H and O–H groups in total. The maximum absolute atomic E-state index is 12.4. The van der Waals surface area contributed by atoms with Gasteiger partial charge in [-0.2, -0.15) is 0 Å². The van der Waals surface area contributed by atoms with E-state index in [0.717, 1.165) is 31.6 Å². The quantitative estimate of drug-likeness (QED) is 0.815. The highest BCUT2D eigenvalue weighted by Gasteiger charge is 2.34. The molecule has 5 nitrogen and oxygen atoms in total. The predicted octanol–water partition coefficient (Wildman–Crippen LogP) is 3.03. The van der Waals surface area contributed by atoms with Crippen LogP contribution in [0.15, 0.2) is 24.3 Å². The second-order valence-electron chi connectivity index (χ2n) is 7.58. The van der Waals surface area contributed by atoms with Gasteiger partial charge in [-0.05, 0) is 37.0 Å². The van der Waals surface area contributed by atoms with E-state index in [2.05, 4.69) is 17.4 Å². The normalized spacial score (nSPS) is 19.4. The van der Waals surface area contributed by atoms with Gasteiger partial charge in [0.15, 0.2) is 0 Å². The van der Waals surface area contributed by atoms with Gasteiger partial charge in [0, 0.05) is 37.9 Å². The van der Waals surface area contributed by atoms with Crippen molar-refractivity contribution in [1.82, 2.24) is 10.2 Å². The molecule has 1 heterocycles. The highest BCUT2D eigenvalue weighted by molar-refractivity contribution is 5.80. The number of benzene rings is 1. The van der Waals surface area contributed by atoms with Crippen LogP contribution in [0.1, 0.15) is 56.9 Å². The Morgan fingerprint density at radius 2 is 1.88 bits per heavy atom. The summed E-state index contributed by atoms with van der Waals surface area (Å²) in [4.78, 5) is 25.8. The molecular formula is C21H30N2O3. The monoisotopic (exact) mass is 358 g/mol. The molecule has 142 valence electrons. The minimum absolute atomic E-state index is 0.0175. The first-order valence-corrected chi connectivity index (χ1v) is 9.82. The first kappa shape index (κ1) is 18.7. The zero-order valence-electron chi connectivity index (χ0n) is 15.8. The number of ether oxygens (including phenoxy) is 1. The largest absolute Gasteiger partial charge is 0.497 e. The molecule has 2 amide bonds. The van der Waals surface area contributed by atoms with Crippen molar-refractivity contribution in [3.05, 3.63) is 29.8 Å². The van der Waals surface area contributed by atoms with E-state index in [1.54, 1.807) is 12.0 Å². The fourth-order valence-corrected chi connectivity index (χ4v) is 4.27. The number of hydrogen-bond acceptors (Lipinski definition) is 3. The van der Waals surface area contributed by atoms with Gasteiger partial charge in [-0.3, -0.25) is 9.59 Å². The van der Waals surface area contributed by atoms with Crippen molar-refractivity contribution < 1.29 is 14.3 Å². The van der Waals surface area contributed by atoms with Crippen molar-refractivity contribution in [3.63, 3.8) is 0 Å². The van der Waals surface area contributed by atoms with E-state index in [1.165, 1.54) is 24.8 Å². The molecule has 1 aliphatic heterocycles. The Hall–Kier alpha value is -2.04. The molecule has 0 unspecified atom stereocenters. The van der Waals surface area contributed by atoms with E-state index in [-0.39, 0.29) is 17.2 Å². The first-order valence-electron chi connectivity index (χ1n) is 9.82. The van der Waals surface area contributed by atoms with Crippen LogP contribution in [0.25, 0.3) is 0 Å². The molecule has 26 heavy (non-hydrogen) atoms. The van der Waals surface area contributed by atoms with Gasteiger partial charge < -0.3 is 15.0 Å². The van der Waals surface area contributed by atoms with E-state index in [1.807, 2.05) is 12.1 Å². The van der Waals surface area contributed by atoms with E-state index in [4.69, 9.17) is 4.74 Å². The number of nitrogens with zero attached hydrogens (tertiary/aromatic N) is 1. The molecule has 0 bridgehead atoms. The number of amides is 2. The fraction of sp³-hybridized carbons (Fsp3) is 0.619. The Morgan fingerprint density at radius 3 is 2.50 bits per heavy atom. The van der Waals surface area contributed by atoms with Crippen molar-refractivity contribution in [2.24, 2.45) is 0 Å². The lowest BCUT2D eigenvalue weighted by Crippen LogP contribution is -2.43. The Kier molecular flexibility index (Phi) is 6.17. The second kappa shape index (κ2) is 8.56. The van der Waals surface area contributed by atoms with Crippen molar-refractivity contribution in [1.29, 1.82) is 0 Å². The van der Waals surface area contributed by atoms with Gasteiger partial charge in [0.1, 0.15) is 5.75 Å². The molecule has 5 heteroatoms. The Bertz CT molecular complexity index is 621. The van der Waals surface area contributed by atoms with Crippen molar-refractivity contribution >= 4 is 11.8 Å². The lowest BCUT2D eigenvalue weighted by Gasteiger charge is -2.38. The van der Waals surface area contributed by atoms with Crippen LogP contribution < -0.4 is 10.1 Å². The molecule has 3 rings (SSSR count). The Morgan fingerprint density at radius 1 is 1.15 bits per heavy atom. The van der Waals surface area contributed by atoms with E-state index < -0.39 is 0 Å². The third-order valence-electron chi connectivity index (χ3n) is 5.92. The van der Waals surface area contributed by atoms with Gasteiger partial charge in [0.25, 0.3) is 0 Å². The average Bonchev–Trinajstić information content (AvgIpc) is 3.10. The molecule has 0 aromatic heterocycles. The summed E-state index contributed by atoms with van der Waals surface area (Å²) in [7, 11) is 1.68. The summed E-state index contributed by atoms with van der Waals surface area (Å²) in [5, 5.41) is 3.15. The molecule has 1 saturated carbocycles. The molecule has 0 atom stereocenters. The van der Waals surface area contributed by atoms with Crippen LogP contribution in [0.2, 0.25) is 0 Å². The van der Waals surface area contributed by atoms with Crippen molar-refractivity contribution in [2.75, 3.05) is 26.7 Å². The highest BCUT2D eigenvalue weighted by Crippen LogP contribution is 2.39. The second-order valence-corrected chi connectivity index (χ2v) is 7.58. The van der Waals surface area contributed by atoms with Crippen molar-refractivity contribution in [3.8, 4) is 5.75 Å². The molecule has 1 aromatic rings. The van der Waals surface area contributed by atoms with Gasteiger partial charge in [0.05, 0.1) is 7.11 Å². The Labute approximate surface area is 156 Å². The molecular weight excluding hydrogens is 328 g/mol. The molecule has 1 aliphatic carbocycles. The first-order chi connectivity index (χ1) is 12.6. The fourth-order valence-electron chi connectivity index (χ4n) is 4.27. The van der Waals surface area contributed by atoms with Crippen LogP contribution in [-0.4, -0.2) is 43.5 Å². The summed E-state index contributed by atoms with van der Waals surface area (Å²) in [5.74, 6) is 1.09. The standard InChI is InChI=1S/C21H30N2O3/c1-26-18-9-7-17(8-10-18)21(12-3-2-4-13-21)16-22-19(24)11-15-23-14-5-6-20(23)25/h7-10H,2-6,11-16H2,1H3,(H,22,24). The van der Waals surface area contributed by atoms with Crippen LogP contribution >= 0.6 is 0 Å². The number of nitrogens with one attached hydrogen (secondary N) is 1. The van der Waals surface area contributed by atoms with Gasteiger partial charge in [-0.15, -0.1) is 0 Å². The van der Waals surface area contributed by atoms with Gasteiger partial charge >= 0.3 is 0 Å². The van der Waals surface area contributed by atoms with Gasteiger partial charge in [-0.25, -0.2) is 0 Å². The summed E-state index contributed by atoms with van der Waals surface area (Å²) in [6, 6.07) is 8.29. The predicted molar refractivity (Wildman–Crippen MR) is 101 cm³/mol. The number of hydrogen-bond donors (Lipinski definition) is 1. The molecule has 2 aliphatic rings. The van der Waals surface area contributed by atoms with E-state index >= 15 is 0 Å². The molecule has 2 fully saturated rings. The lowest BCUT2D eigenvalue weighted by molar-refractivity contribution is -0.128. The molecule has 0 spiro atoms. The van der Waals surface area contributed by atoms with Crippen LogP contribution in [-0.2, 0) is 15.0 Å². The summed E-state index contributed by atoms with van der Waals surface area (Å²) in [6.45, 7) is 2.01. The molecule has 0 radical (unpaired) electrons. The summed E-state index contributed by atoms with van der Waals surface area (Å²) in [6.07, 6.45) is 7.80. The average molecular weight is 358 g/mol. The van der Waals surface area contributed by atoms with Crippen LogP contribution in [0.3, 0.4) is 0 Å². The van der Waals surface area contributed by atoms with E-state index in [0.29, 0.717) is 25.9 Å². The van der Waals surface area contributed by atoms with Crippen LogP contribution in [0.5, 0.6) is 5.75 Å². The third-order valence-corrected chi connectivity index (χ3v) is 5.92. The maximum Gasteiger partial charge on any atom is 0.222 e. The summed E-state index contributed by atoms with van der Waals surface area (Å²) < 4.78 is 5.28. The minimum atomic E-state index is 0.0175.